The molecule has 0 aliphatic heterocycles. The lowest BCUT2D eigenvalue weighted by Crippen LogP contribution is -2.09. The summed E-state index contributed by atoms with van der Waals surface area (Å²) in [6.07, 6.45) is 5.07. The van der Waals surface area contributed by atoms with E-state index in [0.717, 1.165) is 5.75 Å². The summed E-state index contributed by atoms with van der Waals surface area (Å²) in [6, 6.07) is 4.38. The normalized spacial score (nSPS) is 15.2. The van der Waals surface area contributed by atoms with E-state index in [9.17, 15) is 0 Å². The van der Waals surface area contributed by atoms with Crippen molar-refractivity contribution in [2.45, 2.75) is 45.4 Å². The van der Waals surface area contributed by atoms with Crippen molar-refractivity contribution in [1.29, 1.82) is 0 Å². The Morgan fingerprint density at radius 1 is 1.07 bits per heavy atom. The van der Waals surface area contributed by atoms with Gasteiger partial charge in [-0.3, -0.25) is 0 Å². The maximum absolute atomic E-state index is 5.45. The molecule has 2 rings (SSSR count). The van der Waals surface area contributed by atoms with Crippen LogP contribution in [0.2, 0.25) is 0 Å². The fourth-order valence-corrected chi connectivity index (χ4v) is 2.59. The van der Waals surface area contributed by atoms with Gasteiger partial charge < -0.3 is 4.74 Å². The first-order valence-corrected chi connectivity index (χ1v) is 5.92. The highest BCUT2D eigenvalue weighted by atomic mass is 16.5. The molecule has 0 bridgehead atoms. The fraction of sp³-hybridized carbons (Fsp3) is 0.571. The van der Waals surface area contributed by atoms with Crippen molar-refractivity contribution < 1.29 is 4.74 Å². The van der Waals surface area contributed by atoms with Gasteiger partial charge in [0, 0.05) is 0 Å². The van der Waals surface area contributed by atoms with Gasteiger partial charge in [-0.1, -0.05) is 19.9 Å². The van der Waals surface area contributed by atoms with Gasteiger partial charge in [-0.2, -0.15) is 0 Å². The van der Waals surface area contributed by atoms with Gasteiger partial charge in [-0.25, -0.2) is 0 Å². The van der Waals surface area contributed by atoms with E-state index < -0.39 is 0 Å². The molecule has 0 N–H and O–H groups in total. The van der Waals surface area contributed by atoms with Gasteiger partial charge in [-0.05, 0) is 54.4 Å². The molecule has 1 aromatic rings. The molecule has 0 amide bonds. The Labute approximate surface area is 92.5 Å². The monoisotopic (exact) mass is 204 g/mol. The van der Waals surface area contributed by atoms with E-state index in [4.69, 9.17) is 4.74 Å². The third-order valence-electron chi connectivity index (χ3n) is 3.37. The zero-order chi connectivity index (χ0) is 10.8. The maximum Gasteiger partial charge on any atom is 0.122 e. The third-order valence-corrected chi connectivity index (χ3v) is 3.37. The molecule has 0 saturated heterocycles. The zero-order valence-corrected chi connectivity index (χ0v) is 9.97. The van der Waals surface area contributed by atoms with E-state index in [0.29, 0.717) is 5.92 Å². The number of rotatable bonds is 2. The molecule has 15 heavy (non-hydrogen) atoms. The maximum atomic E-state index is 5.45. The number of hydrogen-bond acceptors (Lipinski definition) is 1. The first kappa shape index (κ1) is 10.5. The highest BCUT2D eigenvalue weighted by molar-refractivity contribution is 5.47. The van der Waals surface area contributed by atoms with Crippen molar-refractivity contribution in [2.75, 3.05) is 7.11 Å². The molecule has 0 radical (unpaired) electrons. The summed E-state index contributed by atoms with van der Waals surface area (Å²) in [5.41, 5.74) is 4.55. The second-order valence-corrected chi connectivity index (χ2v) is 4.68. The number of ether oxygens (including phenoxy) is 1. The highest BCUT2D eigenvalue weighted by Gasteiger charge is 2.18. The molecule has 0 aromatic heterocycles. The number of methoxy groups -OCH3 is 1. The standard InChI is InChI=1S/C14H20O/c1-10(2)11-8-9-14(15-3)13-7-5-4-6-12(11)13/h8-10H,4-7H2,1-3H3. The first-order valence-electron chi connectivity index (χ1n) is 5.92. The Kier molecular flexibility index (Phi) is 2.99. The van der Waals surface area contributed by atoms with Gasteiger partial charge in [0.05, 0.1) is 7.11 Å². The second-order valence-electron chi connectivity index (χ2n) is 4.68. The van der Waals surface area contributed by atoms with Crippen molar-refractivity contribution in [2.24, 2.45) is 0 Å². The second kappa shape index (κ2) is 4.26. The topological polar surface area (TPSA) is 9.23 Å². The van der Waals surface area contributed by atoms with Crippen LogP contribution >= 0.6 is 0 Å². The fourth-order valence-electron chi connectivity index (χ4n) is 2.59. The van der Waals surface area contributed by atoms with Crippen LogP contribution in [0.15, 0.2) is 12.1 Å². The molecule has 0 unspecified atom stereocenters. The van der Waals surface area contributed by atoms with Crippen LogP contribution in [0, 0.1) is 0 Å². The number of benzene rings is 1. The largest absolute Gasteiger partial charge is 0.496 e. The van der Waals surface area contributed by atoms with Crippen LogP contribution in [-0.2, 0) is 12.8 Å². The molecular formula is C14H20O. The van der Waals surface area contributed by atoms with E-state index in [1.807, 2.05) is 0 Å². The minimum atomic E-state index is 0.628. The smallest absolute Gasteiger partial charge is 0.122 e. The van der Waals surface area contributed by atoms with Gasteiger partial charge in [0.2, 0.25) is 0 Å². The first-order chi connectivity index (χ1) is 7.24. The van der Waals surface area contributed by atoms with Crippen molar-refractivity contribution >= 4 is 0 Å². The van der Waals surface area contributed by atoms with Crippen molar-refractivity contribution in [3.05, 3.63) is 28.8 Å². The van der Waals surface area contributed by atoms with Crippen LogP contribution in [0.3, 0.4) is 0 Å². The Balaban J connectivity index is 2.52. The molecule has 0 spiro atoms. The van der Waals surface area contributed by atoms with Gasteiger partial charge in [0.1, 0.15) is 5.75 Å². The van der Waals surface area contributed by atoms with E-state index in [1.54, 1.807) is 12.7 Å². The van der Waals surface area contributed by atoms with E-state index >= 15 is 0 Å². The Morgan fingerprint density at radius 2 is 1.73 bits per heavy atom. The van der Waals surface area contributed by atoms with Crippen LogP contribution in [-0.4, -0.2) is 7.11 Å². The average molecular weight is 204 g/mol. The summed E-state index contributed by atoms with van der Waals surface area (Å²) in [6.45, 7) is 4.55. The molecule has 0 saturated carbocycles. The lowest BCUT2D eigenvalue weighted by atomic mass is 9.84. The predicted molar refractivity (Wildman–Crippen MR) is 63.7 cm³/mol. The van der Waals surface area contributed by atoms with E-state index in [2.05, 4.69) is 26.0 Å². The van der Waals surface area contributed by atoms with Crippen LogP contribution in [0.4, 0.5) is 0 Å². The molecule has 1 aromatic carbocycles. The number of fused-ring (bicyclic) bond motifs is 1. The third kappa shape index (κ3) is 1.88. The van der Waals surface area contributed by atoms with Gasteiger partial charge in [0.15, 0.2) is 0 Å². The molecule has 1 aliphatic carbocycles. The molecule has 0 fully saturated rings. The van der Waals surface area contributed by atoms with Gasteiger partial charge in [0.25, 0.3) is 0 Å². The average Bonchev–Trinajstić information content (AvgIpc) is 2.27. The van der Waals surface area contributed by atoms with Crippen LogP contribution in [0.5, 0.6) is 5.75 Å². The molecule has 82 valence electrons. The van der Waals surface area contributed by atoms with Crippen LogP contribution < -0.4 is 4.74 Å². The minimum absolute atomic E-state index is 0.628. The minimum Gasteiger partial charge on any atom is -0.496 e. The summed E-state index contributed by atoms with van der Waals surface area (Å²) in [4.78, 5) is 0. The van der Waals surface area contributed by atoms with Crippen LogP contribution in [0.25, 0.3) is 0 Å². The quantitative estimate of drug-likeness (QED) is 0.713. The Hall–Kier alpha value is -0.980. The number of hydrogen-bond donors (Lipinski definition) is 0. The summed E-state index contributed by atoms with van der Waals surface area (Å²) in [5, 5.41) is 0. The predicted octanol–water partition coefficient (Wildman–Crippen LogP) is 3.70. The van der Waals surface area contributed by atoms with Crippen molar-refractivity contribution in [3.63, 3.8) is 0 Å². The lowest BCUT2D eigenvalue weighted by Gasteiger charge is -2.23. The summed E-state index contributed by atoms with van der Waals surface area (Å²) in [7, 11) is 1.78. The Morgan fingerprint density at radius 3 is 2.33 bits per heavy atom. The van der Waals surface area contributed by atoms with Crippen LogP contribution in [0.1, 0.15) is 49.3 Å². The molecule has 1 heteroatoms. The van der Waals surface area contributed by atoms with Crippen molar-refractivity contribution in [3.8, 4) is 5.75 Å². The molecule has 1 nitrogen and oxygen atoms in total. The van der Waals surface area contributed by atoms with E-state index in [1.165, 1.54) is 36.8 Å². The summed E-state index contributed by atoms with van der Waals surface area (Å²) in [5.74, 6) is 1.72. The van der Waals surface area contributed by atoms with Gasteiger partial charge in [-0.15, -0.1) is 0 Å². The lowest BCUT2D eigenvalue weighted by molar-refractivity contribution is 0.405. The van der Waals surface area contributed by atoms with E-state index in [-0.39, 0.29) is 0 Å². The highest BCUT2D eigenvalue weighted by Crippen LogP contribution is 2.34. The summed E-state index contributed by atoms with van der Waals surface area (Å²) < 4.78 is 5.45. The molecule has 0 heterocycles. The SMILES string of the molecule is COc1ccc(C(C)C)c2c1CCCC2. The van der Waals surface area contributed by atoms with Crippen molar-refractivity contribution in [1.82, 2.24) is 0 Å². The molecule has 1 aliphatic rings. The zero-order valence-electron chi connectivity index (χ0n) is 9.97. The molecular weight excluding hydrogens is 184 g/mol. The van der Waals surface area contributed by atoms with Gasteiger partial charge >= 0.3 is 0 Å². The Bertz CT molecular complexity index is 353. The summed E-state index contributed by atoms with van der Waals surface area (Å²) >= 11 is 0. The molecule has 0 atom stereocenters.